The Hall–Kier alpha value is -1.86. The number of carbonyl (C=O) groups is 2. The normalized spacial score (nSPS) is 11.8. The van der Waals surface area contributed by atoms with Gasteiger partial charge in [0.25, 0.3) is 5.91 Å². The molecule has 0 aliphatic carbocycles. The van der Waals surface area contributed by atoms with Gasteiger partial charge in [0.1, 0.15) is 5.75 Å². The first-order valence-electron chi connectivity index (χ1n) is 7.03. The molecule has 0 saturated heterocycles. The van der Waals surface area contributed by atoms with E-state index in [0.29, 0.717) is 15.8 Å². The van der Waals surface area contributed by atoms with E-state index in [9.17, 15) is 9.59 Å². The van der Waals surface area contributed by atoms with E-state index in [4.69, 9.17) is 14.6 Å². The Morgan fingerprint density at radius 1 is 1.39 bits per heavy atom. The number of carbonyl (C=O) groups excluding carboxylic acids is 1. The monoisotopic (exact) mass is 385 g/mol. The second kappa shape index (κ2) is 9.32. The average molecular weight is 386 g/mol. The number of nitrogens with one attached hydrogen (secondary N) is 1. The number of carboxylic acids is 1. The molecule has 0 spiro atoms. The van der Waals surface area contributed by atoms with Crippen LogP contribution in [0.5, 0.6) is 5.75 Å². The lowest BCUT2D eigenvalue weighted by Crippen LogP contribution is -2.44. The first kappa shape index (κ1) is 19.2. The average Bonchev–Trinajstić information content (AvgIpc) is 2.44. The van der Waals surface area contributed by atoms with E-state index in [1.165, 1.54) is 6.08 Å². The molecule has 0 bridgehead atoms. The second-order valence-corrected chi connectivity index (χ2v) is 5.95. The van der Waals surface area contributed by atoms with Gasteiger partial charge in [0.15, 0.2) is 6.04 Å². The minimum absolute atomic E-state index is 0.0423. The van der Waals surface area contributed by atoms with Crippen LogP contribution in [0, 0.1) is 0 Å². The molecule has 1 amide bonds. The number of benzene rings is 1. The standard InChI is InChI=1S/C16H20BrNO5/c1-4-5-22-9-14(16(20)21)18-15(19)11-6-12(17)8-13(7-11)23-10(2)3/h4,6-8,10,14H,1,5,9H2,2-3H3,(H,18,19)(H,20,21). The number of hydrogen-bond acceptors (Lipinski definition) is 4. The van der Waals surface area contributed by atoms with Crippen molar-refractivity contribution in [1.29, 1.82) is 0 Å². The largest absolute Gasteiger partial charge is 0.491 e. The van der Waals surface area contributed by atoms with Crippen molar-refractivity contribution in [3.8, 4) is 5.75 Å². The van der Waals surface area contributed by atoms with Crippen LogP contribution < -0.4 is 10.1 Å². The van der Waals surface area contributed by atoms with Crippen LogP contribution in [0.15, 0.2) is 35.3 Å². The second-order valence-electron chi connectivity index (χ2n) is 5.03. The third kappa shape index (κ3) is 6.83. The smallest absolute Gasteiger partial charge is 0.328 e. The van der Waals surface area contributed by atoms with E-state index in [1.54, 1.807) is 18.2 Å². The van der Waals surface area contributed by atoms with Crippen LogP contribution in [0.4, 0.5) is 0 Å². The first-order chi connectivity index (χ1) is 10.8. The molecule has 6 nitrogen and oxygen atoms in total. The predicted molar refractivity (Wildman–Crippen MR) is 89.8 cm³/mol. The molecule has 2 N–H and O–H groups in total. The third-order valence-electron chi connectivity index (χ3n) is 2.63. The lowest BCUT2D eigenvalue weighted by atomic mass is 10.2. The molecule has 1 rings (SSSR count). The molecule has 0 fully saturated rings. The van der Waals surface area contributed by atoms with Gasteiger partial charge >= 0.3 is 5.97 Å². The molecule has 126 valence electrons. The predicted octanol–water partition coefficient (Wildman–Crippen LogP) is 2.62. The van der Waals surface area contributed by atoms with Crippen molar-refractivity contribution in [2.45, 2.75) is 26.0 Å². The van der Waals surface area contributed by atoms with Crippen LogP contribution in [0.25, 0.3) is 0 Å². The molecular formula is C16H20BrNO5. The quantitative estimate of drug-likeness (QED) is 0.504. The van der Waals surface area contributed by atoms with Gasteiger partial charge in [-0.25, -0.2) is 4.79 Å². The third-order valence-corrected chi connectivity index (χ3v) is 3.09. The number of rotatable bonds is 9. The van der Waals surface area contributed by atoms with E-state index in [0.717, 1.165) is 0 Å². The van der Waals surface area contributed by atoms with E-state index >= 15 is 0 Å². The lowest BCUT2D eigenvalue weighted by molar-refractivity contribution is -0.140. The maximum atomic E-state index is 12.3. The molecule has 0 aliphatic heterocycles. The summed E-state index contributed by atoms with van der Waals surface area (Å²) in [5.41, 5.74) is 0.296. The van der Waals surface area contributed by atoms with Crippen LogP contribution in [-0.2, 0) is 9.53 Å². The van der Waals surface area contributed by atoms with E-state index in [-0.39, 0.29) is 19.3 Å². The van der Waals surface area contributed by atoms with Crippen molar-refractivity contribution >= 4 is 27.8 Å². The molecule has 23 heavy (non-hydrogen) atoms. The summed E-state index contributed by atoms with van der Waals surface area (Å²) in [6.07, 6.45) is 1.46. The summed E-state index contributed by atoms with van der Waals surface area (Å²) >= 11 is 3.31. The maximum absolute atomic E-state index is 12.3. The Morgan fingerprint density at radius 3 is 2.65 bits per heavy atom. The fourth-order valence-corrected chi connectivity index (χ4v) is 2.19. The van der Waals surface area contributed by atoms with Crippen LogP contribution in [0.2, 0.25) is 0 Å². The van der Waals surface area contributed by atoms with Crippen LogP contribution in [0.3, 0.4) is 0 Å². The van der Waals surface area contributed by atoms with Gasteiger partial charge in [-0.3, -0.25) is 4.79 Å². The molecule has 1 aromatic rings. The van der Waals surface area contributed by atoms with Crippen molar-refractivity contribution in [3.63, 3.8) is 0 Å². The van der Waals surface area contributed by atoms with Gasteiger partial charge in [0, 0.05) is 10.0 Å². The summed E-state index contributed by atoms with van der Waals surface area (Å²) in [4.78, 5) is 23.4. The number of aliphatic carboxylic acids is 1. The minimum atomic E-state index is -1.17. The summed E-state index contributed by atoms with van der Waals surface area (Å²) < 4.78 is 11.3. The SMILES string of the molecule is C=CCOCC(NC(=O)c1cc(Br)cc(OC(C)C)c1)C(=O)O. The highest BCUT2D eigenvalue weighted by atomic mass is 79.9. The van der Waals surface area contributed by atoms with Gasteiger partial charge in [0.2, 0.25) is 0 Å². The molecule has 1 atom stereocenters. The van der Waals surface area contributed by atoms with E-state index in [2.05, 4.69) is 27.8 Å². The Bertz CT molecular complexity index is 574. The van der Waals surface area contributed by atoms with Crippen molar-refractivity contribution < 1.29 is 24.2 Å². The summed E-state index contributed by atoms with van der Waals surface area (Å²) in [5.74, 6) is -1.17. The molecule has 1 aromatic carbocycles. The lowest BCUT2D eigenvalue weighted by Gasteiger charge is -2.16. The Balaban J connectivity index is 2.84. The zero-order chi connectivity index (χ0) is 17.4. The highest BCUT2D eigenvalue weighted by Gasteiger charge is 2.21. The van der Waals surface area contributed by atoms with Crippen molar-refractivity contribution in [2.24, 2.45) is 0 Å². The number of halogens is 1. The Kier molecular flexibility index (Phi) is 7.77. The molecule has 0 aliphatic rings. The first-order valence-corrected chi connectivity index (χ1v) is 7.82. The van der Waals surface area contributed by atoms with Gasteiger partial charge in [-0.05, 0) is 32.0 Å². The van der Waals surface area contributed by atoms with Crippen LogP contribution >= 0.6 is 15.9 Å². The Morgan fingerprint density at radius 2 is 2.09 bits per heavy atom. The number of amides is 1. The molecule has 0 aromatic heterocycles. The van der Waals surface area contributed by atoms with Gasteiger partial charge < -0.3 is 19.9 Å². The molecule has 0 radical (unpaired) electrons. The summed E-state index contributed by atoms with van der Waals surface area (Å²) in [7, 11) is 0. The molecular weight excluding hydrogens is 366 g/mol. The van der Waals surface area contributed by atoms with Crippen molar-refractivity contribution in [1.82, 2.24) is 5.32 Å². The fourth-order valence-electron chi connectivity index (χ4n) is 1.72. The van der Waals surface area contributed by atoms with Gasteiger partial charge in [0.05, 0.1) is 19.3 Å². The molecule has 0 saturated carbocycles. The van der Waals surface area contributed by atoms with Crippen LogP contribution in [0.1, 0.15) is 24.2 Å². The zero-order valence-corrected chi connectivity index (χ0v) is 14.6. The minimum Gasteiger partial charge on any atom is -0.491 e. The topological polar surface area (TPSA) is 84.9 Å². The Labute approximate surface area is 143 Å². The maximum Gasteiger partial charge on any atom is 0.328 e. The van der Waals surface area contributed by atoms with E-state index < -0.39 is 17.9 Å². The zero-order valence-electron chi connectivity index (χ0n) is 13.0. The number of ether oxygens (including phenoxy) is 2. The highest BCUT2D eigenvalue weighted by molar-refractivity contribution is 9.10. The van der Waals surface area contributed by atoms with Gasteiger partial charge in [-0.2, -0.15) is 0 Å². The van der Waals surface area contributed by atoms with Crippen molar-refractivity contribution in [2.75, 3.05) is 13.2 Å². The van der Waals surface area contributed by atoms with Crippen LogP contribution in [-0.4, -0.2) is 42.3 Å². The fraction of sp³-hybridized carbons (Fsp3) is 0.375. The molecule has 1 unspecified atom stereocenters. The summed E-state index contributed by atoms with van der Waals surface area (Å²) in [6.45, 7) is 7.29. The highest BCUT2D eigenvalue weighted by Crippen LogP contribution is 2.22. The molecule has 7 heteroatoms. The van der Waals surface area contributed by atoms with Gasteiger partial charge in [-0.1, -0.05) is 22.0 Å². The summed E-state index contributed by atoms with van der Waals surface area (Å²) in [6, 6.07) is 3.74. The van der Waals surface area contributed by atoms with E-state index in [1.807, 2.05) is 13.8 Å². The number of hydrogen-bond donors (Lipinski definition) is 2. The number of carboxylic acid groups (broad SMARTS) is 1. The van der Waals surface area contributed by atoms with Crippen molar-refractivity contribution in [3.05, 3.63) is 40.9 Å². The summed E-state index contributed by atoms with van der Waals surface area (Å²) in [5, 5.41) is 11.6. The van der Waals surface area contributed by atoms with Gasteiger partial charge in [-0.15, -0.1) is 6.58 Å². The molecule has 0 heterocycles.